The first-order valence-corrected chi connectivity index (χ1v) is 10.5. The number of halogens is 4. The van der Waals surface area contributed by atoms with E-state index in [4.69, 9.17) is 22.7 Å². The van der Waals surface area contributed by atoms with E-state index in [1.807, 2.05) is 0 Å². The summed E-state index contributed by atoms with van der Waals surface area (Å²) in [5, 5.41) is 26.6. The topological polar surface area (TPSA) is 127 Å². The number of alkyl halides is 3. The van der Waals surface area contributed by atoms with Crippen molar-refractivity contribution in [2.24, 2.45) is 11.7 Å². The Kier molecular flexibility index (Phi) is 7.00. The first-order chi connectivity index (χ1) is 15.0. The van der Waals surface area contributed by atoms with E-state index in [1.54, 1.807) is 24.3 Å². The molecule has 0 aromatic heterocycles. The van der Waals surface area contributed by atoms with Crippen LogP contribution in [0.25, 0.3) is 0 Å². The molecule has 0 unspecified atom stereocenters. The van der Waals surface area contributed by atoms with Gasteiger partial charge in [-0.2, -0.15) is 18.4 Å². The van der Waals surface area contributed by atoms with Gasteiger partial charge in [-0.3, -0.25) is 10.2 Å². The summed E-state index contributed by atoms with van der Waals surface area (Å²) < 4.78 is 39.7. The number of hydrogen-bond donors (Lipinski definition) is 5. The Morgan fingerprint density at radius 1 is 1.28 bits per heavy atom. The molecule has 0 radical (unpaired) electrons. The molecule has 0 spiro atoms. The van der Waals surface area contributed by atoms with Gasteiger partial charge in [0.1, 0.15) is 11.4 Å². The molecule has 11 heteroatoms. The molecule has 7 nitrogen and oxygen atoms in total. The molecule has 6 N–H and O–H groups in total. The minimum absolute atomic E-state index is 0.0549. The fourth-order valence-corrected chi connectivity index (χ4v) is 4.00. The van der Waals surface area contributed by atoms with E-state index >= 15 is 0 Å². The van der Waals surface area contributed by atoms with Crippen LogP contribution in [0.1, 0.15) is 32.1 Å². The molecule has 1 aromatic rings. The van der Waals surface area contributed by atoms with Gasteiger partial charge in [-0.25, -0.2) is 0 Å². The number of benzene rings is 1. The van der Waals surface area contributed by atoms with Gasteiger partial charge < -0.3 is 21.7 Å². The van der Waals surface area contributed by atoms with Crippen molar-refractivity contribution in [2.45, 2.75) is 55.9 Å². The number of nitriles is 1. The van der Waals surface area contributed by atoms with E-state index in [0.29, 0.717) is 23.6 Å². The van der Waals surface area contributed by atoms with E-state index in [9.17, 15) is 23.2 Å². The van der Waals surface area contributed by atoms with Crippen molar-refractivity contribution in [3.63, 3.8) is 0 Å². The van der Waals surface area contributed by atoms with Gasteiger partial charge in [0.05, 0.1) is 17.6 Å². The maximum absolute atomic E-state index is 13.2. The average Bonchev–Trinajstić information content (AvgIpc) is 3.51. The van der Waals surface area contributed by atoms with Gasteiger partial charge >= 0.3 is 6.18 Å². The molecule has 1 amide bonds. The Labute approximate surface area is 188 Å². The number of nitrogens with two attached hydrogens (primary N) is 1. The smallest absolute Gasteiger partial charge is 0.386 e. The van der Waals surface area contributed by atoms with Crippen LogP contribution in [0.3, 0.4) is 0 Å². The summed E-state index contributed by atoms with van der Waals surface area (Å²) >= 11 is 5.83. The van der Waals surface area contributed by atoms with Crippen molar-refractivity contribution in [1.29, 1.82) is 10.7 Å². The highest BCUT2D eigenvalue weighted by Crippen LogP contribution is 2.50. The molecule has 3 rings (SSSR count). The number of carbonyl (C=O) groups is 1. The zero-order valence-electron chi connectivity index (χ0n) is 17.1. The van der Waals surface area contributed by atoms with Crippen molar-refractivity contribution in [2.75, 3.05) is 5.32 Å². The van der Waals surface area contributed by atoms with Crippen LogP contribution in [-0.4, -0.2) is 35.5 Å². The van der Waals surface area contributed by atoms with Crippen molar-refractivity contribution < 1.29 is 18.0 Å². The summed E-state index contributed by atoms with van der Waals surface area (Å²) in [5.74, 6) is -1.64. The second-order valence-corrected chi connectivity index (χ2v) is 8.61. The Morgan fingerprint density at radius 2 is 1.94 bits per heavy atom. The maximum atomic E-state index is 13.2. The minimum atomic E-state index is -4.30. The summed E-state index contributed by atoms with van der Waals surface area (Å²) in [6.45, 7) is 0. The molecule has 0 saturated heterocycles. The van der Waals surface area contributed by atoms with Crippen LogP contribution in [-0.2, 0) is 4.79 Å². The van der Waals surface area contributed by atoms with Crippen LogP contribution >= 0.6 is 11.6 Å². The summed E-state index contributed by atoms with van der Waals surface area (Å²) in [4.78, 5) is 11.8. The van der Waals surface area contributed by atoms with Crippen LogP contribution in [0, 0.1) is 22.7 Å². The van der Waals surface area contributed by atoms with Gasteiger partial charge in [0, 0.05) is 29.0 Å². The number of hydrogen-bond acceptors (Lipinski definition) is 5. The Hall–Kier alpha value is -2.77. The third kappa shape index (κ3) is 5.53. The first kappa shape index (κ1) is 23.9. The van der Waals surface area contributed by atoms with Gasteiger partial charge in [-0.05, 0) is 56.4 Å². The lowest BCUT2D eigenvalue weighted by Gasteiger charge is -2.36. The molecular formula is C21H24ClF3N6O. The number of amidine groups is 1. The molecule has 0 aliphatic heterocycles. The average molecular weight is 469 g/mol. The summed E-state index contributed by atoms with van der Waals surface area (Å²) in [6, 6.07) is 7.87. The van der Waals surface area contributed by atoms with Crippen molar-refractivity contribution in [3.05, 3.63) is 41.1 Å². The zero-order valence-corrected chi connectivity index (χ0v) is 17.9. The predicted molar refractivity (Wildman–Crippen MR) is 115 cm³/mol. The number of rotatable bonds is 7. The Bertz CT molecular complexity index is 936. The number of nitrogens with one attached hydrogen (secondary N) is 4. The molecule has 2 aliphatic rings. The van der Waals surface area contributed by atoms with Gasteiger partial charge in [-0.1, -0.05) is 11.6 Å². The van der Waals surface area contributed by atoms with E-state index in [2.05, 4.69) is 22.0 Å². The quantitative estimate of drug-likeness (QED) is 0.238. The van der Waals surface area contributed by atoms with Gasteiger partial charge in [-0.15, -0.1) is 0 Å². The molecule has 3 atom stereocenters. The van der Waals surface area contributed by atoms with Crippen molar-refractivity contribution >= 4 is 29.0 Å². The van der Waals surface area contributed by atoms with E-state index in [-0.39, 0.29) is 36.7 Å². The van der Waals surface area contributed by atoms with Gasteiger partial charge in [0.2, 0.25) is 0 Å². The molecule has 2 aliphatic carbocycles. The number of amides is 1. The fraction of sp³-hybridized carbons (Fsp3) is 0.476. The summed E-state index contributed by atoms with van der Waals surface area (Å²) in [7, 11) is 0. The van der Waals surface area contributed by atoms with E-state index in [0.717, 1.165) is 0 Å². The maximum Gasteiger partial charge on any atom is 0.406 e. The molecule has 0 heterocycles. The van der Waals surface area contributed by atoms with Gasteiger partial charge in [0.25, 0.3) is 5.91 Å². The minimum Gasteiger partial charge on any atom is -0.386 e. The second-order valence-electron chi connectivity index (χ2n) is 8.17. The van der Waals surface area contributed by atoms with Crippen LogP contribution in [0.5, 0.6) is 0 Å². The van der Waals surface area contributed by atoms with Crippen LogP contribution < -0.4 is 21.7 Å². The highest BCUT2D eigenvalue weighted by molar-refractivity contribution is 6.30. The summed E-state index contributed by atoms with van der Waals surface area (Å²) in [6.07, 6.45) is -1.77. The first-order valence-electron chi connectivity index (χ1n) is 10.2. The monoisotopic (exact) mass is 468 g/mol. The standard InChI is InChI=1S/C21H24ClF3N6O/c22-13-1-3-14(4-2-13)30-18(27)16(19(28)32)11-29-17-6-5-15(9-12(17)10-26)31-20(7-8-20)21(23,24)25/h1-4,11-12,15,17,29,31H,5-9H2,(H2,27,30)(H2,28,32)/b16-11+/t12-,15+,17+/m1/s1. The molecule has 172 valence electrons. The zero-order chi connectivity index (χ0) is 23.5. The van der Waals surface area contributed by atoms with Gasteiger partial charge in [0.15, 0.2) is 0 Å². The highest BCUT2D eigenvalue weighted by Gasteiger charge is 2.63. The Morgan fingerprint density at radius 3 is 2.47 bits per heavy atom. The summed E-state index contributed by atoms with van der Waals surface area (Å²) in [5.41, 5.74) is 4.00. The molecule has 1 aromatic carbocycles. The van der Waals surface area contributed by atoms with Crippen molar-refractivity contribution in [1.82, 2.24) is 10.6 Å². The lowest BCUT2D eigenvalue weighted by Crippen LogP contribution is -2.53. The lowest BCUT2D eigenvalue weighted by atomic mass is 9.82. The second kappa shape index (κ2) is 9.38. The predicted octanol–water partition coefficient (Wildman–Crippen LogP) is 3.43. The van der Waals surface area contributed by atoms with Crippen molar-refractivity contribution in [3.8, 4) is 6.07 Å². The normalized spacial score (nSPS) is 24.8. The molecule has 2 fully saturated rings. The van der Waals surface area contributed by atoms with E-state index < -0.39 is 29.6 Å². The number of carbonyl (C=O) groups excluding carboxylic acids is 1. The number of nitrogens with zero attached hydrogens (tertiary/aromatic N) is 1. The highest BCUT2D eigenvalue weighted by atomic mass is 35.5. The Balaban J connectivity index is 1.62. The molecule has 2 saturated carbocycles. The SMILES string of the molecule is N#C[C@H]1C[C@@H](NC2(C(F)(F)F)CC2)CC[C@@H]1N/C=C(\C(=N)Nc1ccc(Cl)cc1)C(N)=O. The number of primary amides is 1. The number of anilines is 1. The third-order valence-electron chi connectivity index (χ3n) is 5.88. The van der Waals surface area contributed by atoms with Crippen LogP contribution in [0.4, 0.5) is 18.9 Å². The fourth-order valence-electron chi connectivity index (χ4n) is 3.87. The molecule has 0 bridgehead atoms. The lowest BCUT2D eigenvalue weighted by molar-refractivity contribution is -0.168. The molecule has 32 heavy (non-hydrogen) atoms. The largest absolute Gasteiger partial charge is 0.406 e. The van der Waals surface area contributed by atoms with E-state index in [1.165, 1.54) is 6.20 Å². The van der Waals surface area contributed by atoms with Crippen LogP contribution in [0.15, 0.2) is 36.0 Å². The molecular weight excluding hydrogens is 445 g/mol. The third-order valence-corrected chi connectivity index (χ3v) is 6.13. The van der Waals surface area contributed by atoms with Crippen LogP contribution in [0.2, 0.25) is 5.02 Å².